The zero-order chi connectivity index (χ0) is 17.6. The topological polar surface area (TPSA) is 65.5 Å². The van der Waals surface area contributed by atoms with Crippen LogP contribution in [0.25, 0.3) is 0 Å². The first-order valence-corrected chi connectivity index (χ1v) is 7.18. The number of nitrogens with zero attached hydrogens (tertiary/aromatic N) is 1. The molecule has 0 bridgehead atoms. The molecule has 0 aliphatic heterocycles. The molecule has 8 heteroatoms. The molecule has 1 rings (SSSR count). The van der Waals surface area contributed by atoms with E-state index in [4.69, 9.17) is 0 Å². The lowest BCUT2D eigenvalue weighted by Gasteiger charge is -2.17. The molecule has 0 saturated carbocycles. The van der Waals surface area contributed by atoms with Crippen LogP contribution in [0.5, 0.6) is 0 Å². The number of urea groups is 1. The fourth-order valence-corrected chi connectivity index (χ4v) is 1.74. The molecule has 1 aromatic carbocycles. The zero-order valence-corrected chi connectivity index (χ0v) is 13.5. The molecule has 0 spiro atoms. The van der Waals surface area contributed by atoms with E-state index in [9.17, 15) is 18.0 Å². The van der Waals surface area contributed by atoms with Crippen molar-refractivity contribution in [3.05, 3.63) is 29.8 Å². The first-order valence-electron chi connectivity index (χ1n) is 7.18. The number of amides is 2. The third kappa shape index (κ3) is 6.58. The summed E-state index contributed by atoms with van der Waals surface area (Å²) in [6, 6.07) is 3.91. The molecule has 0 atom stereocenters. The number of hydrogen-bond donors (Lipinski definition) is 3. The predicted molar refractivity (Wildman–Crippen MR) is 84.4 cm³/mol. The third-order valence-electron chi connectivity index (χ3n) is 2.53. The van der Waals surface area contributed by atoms with Crippen molar-refractivity contribution in [3.8, 4) is 0 Å². The van der Waals surface area contributed by atoms with Gasteiger partial charge in [0.25, 0.3) is 0 Å². The van der Waals surface area contributed by atoms with Gasteiger partial charge in [-0.3, -0.25) is 10.3 Å². The summed E-state index contributed by atoms with van der Waals surface area (Å²) in [5, 5.41) is 7.56. The van der Waals surface area contributed by atoms with Gasteiger partial charge in [-0.2, -0.15) is 13.2 Å². The lowest BCUT2D eigenvalue weighted by molar-refractivity contribution is -0.136. The lowest BCUT2D eigenvalue weighted by Crippen LogP contribution is -2.46. The molecule has 0 radical (unpaired) electrons. The number of hydrogen-bond acceptors (Lipinski definition) is 2. The van der Waals surface area contributed by atoms with Crippen LogP contribution in [0.3, 0.4) is 0 Å². The van der Waals surface area contributed by atoms with Gasteiger partial charge in [-0.05, 0) is 39.8 Å². The van der Waals surface area contributed by atoms with Crippen molar-refractivity contribution >= 4 is 17.7 Å². The Balaban J connectivity index is 2.88. The van der Waals surface area contributed by atoms with Gasteiger partial charge in [-0.15, -0.1) is 0 Å². The van der Waals surface area contributed by atoms with Crippen molar-refractivity contribution in [2.75, 3.05) is 5.32 Å². The van der Waals surface area contributed by atoms with Crippen LogP contribution >= 0.6 is 0 Å². The molecule has 0 saturated heterocycles. The van der Waals surface area contributed by atoms with E-state index < -0.39 is 17.8 Å². The first-order chi connectivity index (χ1) is 10.6. The minimum atomic E-state index is -4.55. The molecular weight excluding hydrogens is 309 g/mol. The summed E-state index contributed by atoms with van der Waals surface area (Å²) >= 11 is 0. The highest BCUT2D eigenvalue weighted by molar-refractivity contribution is 6.02. The number of guanidine groups is 1. The highest BCUT2D eigenvalue weighted by Gasteiger charge is 2.33. The molecule has 2 amide bonds. The number of nitrogens with one attached hydrogen (secondary N) is 3. The number of aliphatic imine (C=N–C) groups is 1. The zero-order valence-electron chi connectivity index (χ0n) is 13.5. The van der Waals surface area contributed by atoms with Gasteiger partial charge >= 0.3 is 12.2 Å². The second kappa shape index (κ2) is 7.85. The fraction of sp³-hybridized carbons (Fsp3) is 0.467. The minimum absolute atomic E-state index is 0.00950. The lowest BCUT2D eigenvalue weighted by atomic mass is 10.1. The van der Waals surface area contributed by atoms with Crippen molar-refractivity contribution in [3.63, 3.8) is 0 Å². The van der Waals surface area contributed by atoms with Crippen LogP contribution in [0.15, 0.2) is 29.3 Å². The van der Waals surface area contributed by atoms with Crippen LogP contribution in [0.4, 0.5) is 23.7 Å². The molecule has 0 aliphatic rings. The Morgan fingerprint density at radius 2 is 1.74 bits per heavy atom. The van der Waals surface area contributed by atoms with E-state index in [2.05, 4.69) is 20.9 Å². The summed E-state index contributed by atoms with van der Waals surface area (Å²) in [7, 11) is 0. The van der Waals surface area contributed by atoms with Crippen LogP contribution in [0.1, 0.15) is 33.3 Å². The molecule has 0 heterocycles. The van der Waals surface area contributed by atoms with Crippen molar-refractivity contribution in [2.24, 2.45) is 4.99 Å². The maximum atomic E-state index is 12.9. The van der Waals surface area contributed by atoms with Crippen LogP contribution < -0.4 is 16.0 Å². The van der Waals surface area contributed by atoms with Crippen LogP contribution in [-0.4, -0.2) is 24.1 Å². The predicted octanol–water partition coefficient (Wildman–Crippen LogP) is 3.59. The standard InChI is InChI=1S/C15H21F3N4O/c1-9(2)19-13(20-10(3)4)22-14(23)21-12-8-6-5-7-11(12)15(16,17)18/h5-10H,1-4H3,(H3,19,20,21,22,23). The first kappa shape index (κ1) is 18.8. The van der Waals surface area contributed by atoms with Crippen molar-refractivity contribution < 1.29 is 18.0 Å². The van der Waals surface area contributed by atoms with Crippen LogP contribution in [0, 0.1) is 0 Å². The van der Waals surface area contributed by atoms with E-state index in [1.165, 1.54) is 18.2 Å². The van der Waals surface area contributed by atoms with Gasteiger partial charge in [0.05, 0.1) is 11.3 Å². The van der Waals surface area contributed by atoms with Crippen LogP contribution in [-0.2, 0) is 6.18 Å². The van der Waals surface area contributed by atoms with Gasteiger partial charge < -0.3 is 10.6 Å². The Morgan fingerprint density at radius 1 is 1.13 bits per heavy atom. The quantitative estimate of drug-likeness (QED) is 0.586. The molecule has 23 heavy (non-hydrogen) atoms. The SMILES string of the molecule is CC(C)N=C(NC(=O)Nc1ccccc1C(F)(F)F)NC(C)C. The van der Waals surface area contributed by atoms with Gasteiger partial charge in [-0.25, -0.2) is 4.79 Å². The van der Waals surface area contributed by atoms with E-state index in [-0.39, 0.29) is 23.7 Å². The van der Waals surface area contributed by atoms with Crippen LogP contribution in [0.2, 0.25) is 0 Å². The summed E-state index contributed by atoms with van der Waals surface area (Å²) in [6.45, 7) is 7.35. The summed E-state index contributed by atoms with van der Waals surface area (Å²) in [5.74, 6) is 0.206. The van der Waals surface area contributed by atoms with E-state index in [0.717, 1.165) is 6.07 Å². The number of para-hydroxylation sites is 1. The highest BCUT2D eigenvalue weighted by Crippen LogP contribution is 2.34. The average Bonchev–Trinajstić information content (AvgIpc) is 2.35. The maximum absolute atomic E-state index is 12.9. The molecule has 128 valence electrons. The molecule has 0 fully saturated rings. The Labute approximate surface area is 133 Å². The van der Waals surface area contributed by atoms with Gasteiger partial charge in [0.2, 0.25) is 0 Å². The summed E-state index contributed by atoms with van der Waals surface area (Å²) < 4.78 is 38.7. The molecule has 0 aliphatic carbocycles. The van der Waals surface area contributed by atoms with E-state index in [1.54, 1.807) is 0 Å². The number of alkyl halides is 3. The Bertz CT molecular complexity index is 568. The van der Waals surface area contributed by atoms with E-state index in [1.807, 2.05) is 27.7 Å². The highest BCUT2D eigenvalue weighted by atomic mass is 19.4. The Hall–Kier alpha value is -2.25. The van der Waals surface area contributed by atoms with Gasteiger partial charge in [0, 0.05) is 12.1 Å². The molecule has 0 aromatic heterocycles. The van der Waals surface area contributed by atoms with E-state index >= 15 is 0 Å². The van der Waals surface area contributed by atoms with Gasteiger partial charge in [0.1, 0.15) is 0 Å². The normalized spacial score (nSPS) is 12.5. The van der Waals surface area contributed by atoms with E-state index in [0.29, 0.717) is 0 Å². The molecule has 5 nitrogen and oxygen atoms in total. The molecular formula is C15H21F3N4O. The number of rotatable bonds is 3. The monoisotopic (exact) mass is 330 g/mol. The number of anilines is 1. The summed E-state index contributed by atoms with van der Waals surface area (Å²) in [6.07, 6.45) is -4.55. The Morgan fingerprint density at radius 3 is 2.26 bits per heavy atom. The summed E-state index contributed by atoms with van der Waals surface area (Å²) in [4.78, 5) is 16.1. The molecule has 0 unspecified atom stereocenters. The summed E-state index contributed by atoms with van der Waals surface area (Å²) in [5.41, 5.74) is -1.22. The fourth-order valence-electron chi connectivity index (χ4n) is 1.74. The van der Waals surface area contributed by atoms with Crippen molar-refractivity contribution in [1.82, 2.24) is 10.6 Å². The average molecular weight is 330 g/mol. The van der Waals surface area contributed by atoms with Crippen molar-refractivity contribution in [1.29, 1.82) is 0 Å². The number of halogens is 3. The number of carbonyl (C=O) groups excluding carboxylic acids is 1. The molecule has 3 N–H and O–H groups in total. The largest absolute Gasteiger partial charge is 0.418 e. The third-order valence-corrected chi connectivity index (χ3v) is 2.53. The number of benzene rings is 1. The van der Waals surface area contributed by atoms with Gasteiger partial charge in [-0.1, -0.05) is 12.1 Å². The van der Waals surface area contributed by atoms with Gasteiger partial charge in [0.15, 0.2) is 5.96 Å². The second-order valence-corrected chi connectivity index (χ2v) is 5.49. The van der Waals surface area contributed by atoms with Crippen molar-refractivity contribution in [2.45, 2.75) is 46.0 Å². The Kier molecular flexibility index (Phi) is 6.41. The second-order valence-electron chi connectivity index (χ2n) is 5.49. The number of carbonyl (C=O) groups is 1. The minimum Gasteiger partial charge on any atom is -0.354 e. The molecule has 1 aromatic rings. The smallest absolute Gasteiger partial charge is 0.354 e. The maximum Gasteiger partial charge on any atom is 0.418 e.